The lowest BCUT2D eigenvalue weighted by Gasteiger charge is -2.26. The normalized spacial score (nSPS) is 15.5. The molecule has 28 heavy (non-hydrogen) atoms. The molecule has 6 heteroatoms. The van der Waals surface area contributed by atoms with Gasteiger partial charge in [0.05, 0.1) is 25.9 Å². The maximum absolute atomic E-state index is 13.0. The van der Waals surface area contributed by atoms with Gasteiger partial charge in [0.1, 0.15) is 0 Å². The van der Waals surface area contributed by atoms with Crippen LogP contribution in [0.4, 0.5) is 0 Å². The largest absolute Gasteiger partial charge is 0.490 e. The van der Waals surface area contributed by atoms with Gasteiger partial charge in [-0.3, -0.25) is 4.79 Å². The third kappa shape index (κ3) is 4.55. The predicted molar refractivity (Wildman–Crippen MR) is 112 cm³/mol. The second-order valence-corrected chi connectivity index (χ2v) is 7.44. The molecule has 1 amide bonds. The van der Waals surface area contributed by atoms with Crippen molar-refractivity contribution in [1.82, 2.24) is 5.32 Å². The van der Waals surface area contributed by atoms with Gasteiger partial charge in [0.25, 0.3) is 5.91 Å². The molecule has 0 fully saturated rings. The van der Waals surface area contributed by atoms with E-state index in [1.165, 1.54) is 10.5 Å². The lowest BCUT2D eigenvalue weighted by atomic mass is 10.0. The van der Waals surface area contributed by atoms with Crippen molar-refractivity contribution in [3.05, 3.63) is 47.5 Å². The zero-order valence-corrected chi connectivity index (χ0v) is 17.4. The van der Waals surface area contributed by atoms with Crippen LogP contribution in [0.3, 0.4) is 0 Å². The van der Waals surface area contributed by atoms with Crippen molar-refractivity contribution in [3.8, 4) is 17.2 Å². The number of benzene rings is 2. The number of nitrogens with one attached hydrogen (secondary N) is 1. The van der Waals surface area contributed by atoms with Crippen molar-refractivity contribution in [3.63, 3.8) is 0 Å². The molecule has 150 valence electrons. The SMILES string of the molecule is CCOc1cc(C(=O)N[C@@H]2CCSc3ccccc32)cc(OCC)c1OCC. The number of thioether (sulfide) groups is 1. The van der Waals surface area contributed by atoms with E-state index in [4.69, 9.17) is 14.2 Å². The molecule has 0 aliphatic carbocycles. The van der Waals surface area contributed by atoms with Crippen LogP contribution in [0.25, 0.3) is 0 Å². The number of hydrogen-bond donors (Lipinski definition) is 1. The van der Waals surface area contributed by atoms with Crippen molar-refractivity contribution in [1.29, 1.82) is 0 Å². The summed E-state index contributed by atoms with van der Waals surface area (Å²) >= 11 is 1.83. The Morgan fingerprint density at radius 1 is 1.04 bits per heavy atom. The fourth-order valence-electron chi connectivity index (χ4n) is 3.25. The number of rotatable bonds is 8. The van der Waals surface area contributed by atoms with Gasteiger partial charge >= 0.3 is 0 Å². The van der Waals surface area contributed by atoms with Crippen LogP contribution in [-0.4, -0.2) is 31.5 Å². The Morgan fingerprint density at radius 2 is 1.68 bits per heavy atom. The molecule has 1 N–H and O–H groups in total. The van der Waals surface area contributed by atoms with Gasteiger partial charge in [-0.15, -0.1) is 11.8 Å². The van der Waals surface area contributed by atoms with Gasteiger partial charge in [0, 0.05) is 16.2 Å². The number of hydrogen-bond acceptors (Lipinski definition) is 5. The molecule has 0 saturated heterocycles. The van der Waals surface area contributed by atoms with Gasteiger partial charge < -0.3 is 19.5 Å². The molecule has 0 unspecified atom stereocenters. The Hall–Kier alpha value is -2.34. The highest BCUT2D eigenvalue weighted by Gasteiger charge is 2.24. The van der Waals surface area contributed by atoms with Gasteiger partial charge in [0.2, 0.25) is 5.75 Å². The summed E-state index contributed by atoms with van der Waals surface area (Å²) in [6, 6.07) is 11.7. The van der Waals surface area contributed by atoms with Gasteiger partial charge in [-0.25, -0.2) is 0 Å². The smallest absolute Gasteiger partial charge is 0.252 e. The van der Waals surface area contributed by atoms with Gasteiger partial charge in [-0.05, 0) is 51.0 Å². The monoisotopic (exact) mass is 401 g/mol. The number of carbonyl (C=O) groups is 1. The van der Waals surface area contributed by atoms with E-state index in [9.17, 15) is 4.79 Å². The van der Waals surface area contributed by atoms with Crippen LogP contribution in [0.2, 0.25) is 0 Å². The summed E-state index contributed by atoms with van der Waals surface area (Å²) in [5.41, 5.74) is 1.68. The van der Waals surface area contributed by atoms with Crippen molar-refractivity contribution in [2.24, 2.45) is 0 Å². The fourth-order valence-corrected chi connectivity index (χ4v) is 4.38. The van der Waals surface area contributed by atoms with E-state index in [1.807, 2.05) is 44.7 Å². The Morgan fingerprint density at radius 3 is 2.32 bits per heavy atom. The molecular weight excluding hydrogens is 374 g/mol. The van der Waals surface area contributed by atoms with Crippen LogP contribution in [0.15, 0.2) is 41.3 Å². The molecule has 0 radical (unpaired) electrons. The zero-order valence-electron chi connectivity index (χ0n) is 16.6. The van der Waals surface area contributed by atoms with Crippen LogP contribution in [0.5, 0.6) is 17.2 Å². The van der Waals surface area contributed by atoms with Crippen molar-refractivity contribution >= 4 is 17.7 Å². The van der Waals surface area contributed by atoms with Crippen LogP contribution in [0.1, 0.15) is 49.2 Å². The molecule has 2 aromatic rings. The molecule has 1 heterocycles. The van der Waals surface area contributed by atoms with Crippen molar-refractivity contribution < 1.29 is 19.0 Å². The first-order valence-electron chi connectivity index (χ1n) is 9.76. The predicted octanol–water partition coefficient (Wildman–Crippen LogP) is 4.85. The second-order valence-electron chi connectivity index (χ2n) is 6.30. The van der Waals surface area contributed by atoms with E-state index >= 15 is 0 Å². The number of ether oxygens (including phenoxy) is 3. The molecule has 2 aromatic carbocycles. The summed E-state index contributed by atoms with van der Waals surface area (Å²) in [6.07, 6.45) is 0.904. The Labute approximate surface area is 170 Å². The summed E-state index contributed by atoms with van der Waals surface area (Å²) in [6.45, 7) is 7.15. The maximum Gasteiger partial charge on any atom is 0.252 e. The van der Waals surface area contributed by atoms with Crippen LogP contribution >= 0.6 is 11.8 Å². The lowest BCUT2D eigenvalue weighted by molar-refractivity contribution is 0.0934. The average molecular weight is 402 g/mol. The second kappa shape index (κ2) is 9.73. The average Bonchev–Trinajstić information content (AvgIpc) is 2.71. The third-order valence-corrected chi connectivity index (χ3v) is 5.56. The summed E-state index contributed by atoms with van der Waals surface area (Å²) < 4.78 is 17.2. The standard InChI is InChI=1S/C22H27NO4S/c1-4-25-18-13-15(14-19(26-5-2)21(18)27-6-3)22(24)23-17-11-12-28-20-10-8-7-9-16(17)20/h7-10,13-14,17H,4-6,11-12H2,1-3H3,(H,23,24)/t17-/m1/s1. The Kier molecular flexibility index (Phi) is 7.09. The number of amides is 1. The first kappa shape index (κ1) is 20.4. The van der Waals surface area contributed by atoms with E-state index in [2.05, 4.69) is 17.4 Å². The van der Waals surface area contributed by atoms with E-state index in [1.54, 1.807) is 12.1 Å². The summed E-state index contributed by atoms with van der Waals surface area (Å²) in [4.78, 5) is 14.3. The fraction of sp³-hybridized carbons (Fsp3) is 0.409. The molecule has 0 saturated carbocycles. The van der Waals surface area contributed by atoms with Gasteiger partial charge in [-0.2, -0.15) is 0 Å². The highest BCUT2D eigenvalue weighted by Crippen LogP contribution is 2.40. The Balaban J connectivity index is 1.89. The minimum absolute atomic E-state index is 0.00241. The zero-order chi connectivity index (χ0) is 19.9. The van der Waals surface area contributed by atoms with Crippen molar-refractivity contribution in [2.45, 2.75) is 38.1 Å². The van der Waals surface area contributed by atoms with Crippen molar-refractivity contribution in [2.75, 3.05) is 25.6 Å². The maximum atomic E-state index is 13.0. The number of fused-ring (bicyclic) bond motifs is 1. The first-order chi connectivity index (χ1) is 13.7. The highest BCUT2D eigenvalue weighted by molar-refractivity contribution is 7.99. The van der Waals surface area contributed by atoms with E-state index in [-0.39, 0.29) is 11.9 Å². The lowest BCUT2D eigenvalue weighted by Crippen LogP contribution is -2.30. The Bertz CT molecular complexity index is 797. The minimum Gasteiger partial charge on any atom is -0.490 e. The molecule has 1 aliphatic heterocycles. The molecule has 5 nitrogen and oxygen atoms in total. The number of carbonyl (C=O) groups excluding carboxylic acids is 1. The summed E-state index contributed by atoms with van der Waals surface area (Å²) in [5.74, 6) is 2.44. The summed E-state index contributed by atoms with van der Waals surface area (Å²) in [5, 5.41) is 3.18. The van der Waals surface area contributed by atoms with Gasteiger partial charge in [0.15, 0.2) is 11.5 Å². The molecule has 0 spiro atoms. The molecular formula is C22H27NO4S. The van der Waals surface area contributed by atoms with Gasteiger partial charge in [-0.1, -0.05) is 18.2 Å². The third-order valence-electron chi connectivity index (χ3n) is 4.44. The summed E-state index contributed by atoms with van der Waals surface area (Å²) in [7, 11) is 0. The van der Waals surface area contributed by atoms with E-state index in [0.29, 0.717) is 42.6 Å². The van der Waals surface area contributed by atoms with E-state index in [0.717, 1.165) is 12.2 Å². The molecule has 0 aromatic heterocycles. The van der Waals surface area contributed by atoms with Crippen LogP contribution < -0.4 is 19.5 Å². The molecule has 0 bridgehead atoms. The molecule has 1 atom stereocenters. The molecule has 3 rings (SSSR count). The van der Waals surface area contributed by atoms with Crippen LogP contribution in [0, 0.1) is 0 Å². The van der Waals surface area contributed by atoms with Crippen LogP contribution in [-0.2, 0) is 0 Å². The topological polar surface area (TPSA) is 56.8 Å². The highest BCUT2D eigenvalue weighted by atomic mass is 32.2. The first-order valence-corrected chi connectivity index (χ1v) is 10.7. The quantitative estimate of drug-likeness (QED) is 0.685. The molecule has 1 aliphatic rings. The minimum atomic E-state index is -0.142. The van der Waals surface area contributed by atoms with E-state index < -0.39 is 0 Å².